The lowest BCUT2D eigenvalue weighted by Gasteiger charge is -2.25. The van der Waals surface area contributed by atoms with Gasteiger partial charge in [0.15, 0.2) is 7.14 Å². The van der Waals surface area contributed by atoms with Crippen LogP contribution in [-0.4, -0.2) is 0 Å². The summed E-state index contributed by atoms with van der Waals surface area (Å²) < 4.78 is 101. The van der Waals surface area contributed by atoms with Gasteiger partial charge in [-0.3, -0.25) is 0 Å². The van der Waals surface area contributed by atoms with Crippen LogP contribution in [0.15, 0.2) is 127 Å². The van der Waals surface area contributed by atoms with Crippen LogP contribution in [0.5, 0.6) is 0 Å². The molecule has 0 unspecified atom stereocenters. The Balaban J connectivity index is 1.66. The van der Waals surface area contributed by atoms with Crippen LogP contribution in [0.3, 0.4) is 0 Å². The lowest BCUT2D eigenvalue weighted by Crippen LogP contribution is -2.28. The van der Waals surface area contributed by atoms with E-state index in [-0.39, 0.29) is 16.7 Å². The van der Waals surface area contributed by atoms with Gasteiger partial charge in [-0.05, 0) is 61.3 Å². The maximum absolute atomic E-state index is 15.9. The summed E-state index contributed by atoms with van der Waals surface area (Å²) in [6, 6.07) is 33.4. The molecule has 0 saturated carbocycles. The lowest BCUT2D eigenvalue weighted by atomic mass is 10.0. The molecule has 0 fully saturated rings. The fraction of sp³-hybridized carbons (Fsp3) is 0.0556. The molecule has 0 amide bonds. The Morgan fingerprint density at radius 1 is 0.409 bits per heavy atom. The van der Waals surface area contributed by atoms with Gasteiger partial charge >= 0.3 is 12.4 Å². The van der Waals surface area contributed by atoms with E-state index in [1.165, 1.54) is 0 Å². The van der Waals surface area contributed by atoms with Crippen LogP contribution >= 0.6 is 7.14 Å². The van der Waals surface area contributed by atoms with Crippen molar-refractivity contribution in [2.75, 3.05) is 0 Å². The molecule has 0 atom stereocenters. The summed E-state index contributed by atoms with van der Waals surface area (Å²) in [7, 11) is -4.42. The van der Waals surface area contributed by atoms with E-state index in [4.69, 9.17) is 0 Å². The third-order valence-electron chi connectivity index (χ3n) is 8.14. The highest BCUT2D eigenvalue weighted by molar-refractivity contribution is 7.86. The number of rotatable bonds is 3. The Bertz CT molecular complexity index is 2150. The molecule has 7 aromatic rings. The normalized spacial score (nSPS) is 12.9. The summed E-state index contributed by atoms with van der Waals surface area (Å²) in [5.74, 6) is 0. The summed E-state index contributed by atoms with van der Waals surface area (Å²) in [4.78, 5) is 0. The second-order valence-electron chi connectivity index (χ2n) is 10.7. The highest BCUT2D eigenvalue weighted by Crippen LogP contribution is 2.49. The van der Waals surface area contributed by atoms with Gasteiger partial charge in [-0.1, -0.05) is 109 Å². The highest BCUT2D eigenvalue weighted by Gasteiger charge is 2.41. The van der Waals surface area contributed by atoms with E-state index in [0.29, 0.717) is 33.7 Å². The molecule has 7 rings (SSSR count). The quantitative estimate of drug-likeness (QED) is 0.110. The highest BCUT2D eigenvalue weighted by atomic mass is 31.2. The van der Waals surface area contributed by atoms with Crippen LogP contribution < -0.4 is 15.9 Å². The zero-order valence-corrected chi connectivity index (χ0v) is 23.6. The molecule has 0 aromatic heterocycles. The molecule has 0 saturated heterocycles. The van der Waals surface area contributed by atoms with Crippen LogP contribution in [0.2, 0.25) is 0 Å². The molecule has 44 heavy (non-hydrogen) atoms. The van der Waals surface area contributed by atoms with Gasteiger partial charge in [-0.15, -0.1) is 0 Å². The van der Waals surface area contributed by atoms with Crippen LogP contribution in [0.4, 0.5) is 26.3 Å². The van der Waals surface area contributed by atoms with Crippen molar-refractivity contribution in [3.05, 3.63) is 139 Å². The first-order chi connectivity index (χ1) is 21.0. The topological polar surface area (TPSA) is 17.1 Å². The van der Waals surface area contributed by atoms with Crippen molar-refractivity contribution >= 4 is 66.1 Å². The van der Waals surface area contributed by atoms with Crippen molar-refractivity contribution in [3.63, 3.8) is 0 Å². The molecular weight excluding hydrogens is 593 g/mol. The standard InChI is InChI=1S/C36H21F6OP/c37-35(38,39)24-19-25(36(40,41)42)21-26(20-24)44(43,33-13-5-11-29-27-9-3-1-7-22(27)15-17-31(29)33)34-14-6-12-30-28-10-4-2-8-23(28)16-18-32(30)34/h1-21H. The van der Waals surface area contributed by atoms with Gasteiger partial charge in [-0.25, -0.2) is 0 Å². The third-order valence-corrected chi connectivity index (χ3v) is 11.3. The van der Waals surface area contributed by atoms with Gasteiger partial charge in [0.1, 0.15) is 0 Å². The van der Waals surface area contributed by atoms with Crippen molar-refractivity contribution in [1.82, 2.24) is 0 Å². The SMILES string of the molecule is O=P(c1cc(C(F)(F)F)cc(C(F)(F)F)c1)(c1cccc2c1ccc1ccccc12)c1cccc2c1ccc1ccccc12. The number of benzene rings is 7. The molecule has 218 valence electrons. The zero-order valence-electron chi connectivity index (χ0n) is 22.7. The molecule has 0 heterocycles. The Kier molecular flexibility index (Phi) is 6.38. The van der Waals surface area contributed by atoms with E-state index in [2.05, 4.69) is 0 Å². The van der Waals surface area contributed by atoms with Crippen LogP contribution in [0.25, 0.3) is 43.1 Å². The second kappa shape index (κ2) is 9.96. The van der Waals surface area contributed by atoms with Gasteiger partial charge in [0, 0.05) is 15.9 Å². The number of alkyl halides is 6. The predicted octanol–water partition coefficient (Wildman–Crippen LogP) is 9.98. The molecular formula is C36H21F6OP. The van der Waals surface area contributed by atoms with E-state index in [1.54, 1.807) is 36.4 Å². The van der Waals surface area contributed by atoms with Crippen LogP contribution in [0.1, 0.15) is 11.1 Å². The number of hydrogen-bond acceptors (Lipinski definition) is 1. The van der Waals surface area contributed by atoms with Crippen molar-refractivity contribution in [3.8, 4) is 0 Å². The number of halogens is 6. The van der Waals surface area contributed by atoms with Crippen LogP contribution in [-0.2, 0) is 16.9 Å². The fourth-order valence-electron chi connectivity index (χ4n) is 6.12. The van der Waals surface area contributed by atoms with E-state index >= 15 is 4.57 Å². The minimum absolute atomic E-state index is 0.0705. The Labute approximate surface area is 247 Å². The molecule has 0 aliphatic rings. The molecule has 8 heteroatoms. The largest absolute Gasteiger partial charge is 0.416 e. The van der Waals surface area contributed by atoms with Gasteiger partial charge in [0.05, 0.1) is 11.1 Å². The molecule has 1 nitrogen and oxygen atoms in total. The number of hydrogen-bond donors (Lipinski definition) is 0. The van der Waals surface area contributed by atoms with E-state index in [1.807, 2.05) is 72.8 Å². The molecule has 0 aliphatic heterocycles. The van der Waals surface area contributed by atoms with Crippen LogP contribution in [0, 0.1) is 0 Å². The third kappa shape index (κ3) is 4.46. The average Bonchev–Trinajstić information content (AvgIpc) is 3.02. The first kappa shape index (κ1) is 28.2. The van der Waals surface area contributed by atoms with Gasteiger partial charge in [0.2, 0.25) is 0 Å². The Hall–Kier alpha value is -4.61. The van der Waals surface area contributed by atoms with E-state index in [0.717, 1.165) is 21.5 Å². The minimum atomic E-state index is -5.11. The molecule has 0 aliphatic carbocycles. The summed E-state index contributed by atoms with van der Waals surface area (Å²) in [6.07, 6.45) is -10.2. The van der Waals surface area contributed by atoms with Crippen molar-refractivity contribution in [2.24, 2.45) is 0 Å². The molecule has 0 N–H and O–H groups in total. The average molecular weight is 615 g/mol. The summed E-state index contributed by atoms with van der Waals surface area (Å²) in [5, 5.41) is 5.55. The first-order valence-corrected chi connectivity index (χ1v) is 15.4. The smallest absolute Gasteiger partial charge is 0.309 e. The van der Waals surface area contributed by atoms with E-state index in [9.17, 15) is 26.3 Å². The predicted molar refractivity (Wildman–Crippen MR) is 166 cm³/mol. The fourth-order valence-corrected chi connectivity index (χ4v) is 9.24. The number of fused-ring (bicyclic) bond motifs is 6. The zero-order chi connectivity index (χ0) is 30.9. The van der Waals surface area contributed by atoms with Gasteiger partial charge < -0.3 is 4.57 Å². The molecule has 0 bridgehead atoms. The maximum Gasteiger partial charge on any atom is 0.416 e. The summed E-state index contributed by atoms with van der Waals surface area (Å²) in [5.41, 5.74) is -3.03. The molecule has 0 radical (unpaired) electrons. The Morgan fingerprint density at radius 3 is 1.25 bits per heavy atom. The van der Waals surface area contributed by atoms with Crippen molar-refractivity contribution in [2.45, 2.75) is 12.4 Å². The lowest BCUT2D eigenvalue weighted by molar-refractivity contribution is -0.142. The second-order valence-corrected chi connectivity index (χ2v) is 13.4. The van der Waals surface area contributed by atoms with Gasteiger partial charge in [-0.2, -0.15) is 26.3 Å². The minimum Gasteiger partial charge on any atom is -0.309 e. The summed E-state index contributed by atoms with van der Waals surface area (Å²) >= 11 is 0. The van der Waals surface area contributed by atoms with Crippen molar-refractivity contribution < 1.29 is 30.9 Å². The van der Waals surface area contributed by atoms with Crippen molar-refractivity contribution in [1.29, 1.82) is 0 Å². The van der Waals surface area contributed by atoms with Gasteiger partial charge in [0.25, 0.3) is 0 Å². The molecule has 0 spiro atoms. The Morgan fingerprint density at radius 2 is 0.818 bits per heavy atom. The monoisotopic (exact) mass is 614 g/mol. The maximum atomic E-state index is 15.9. The first-order valence-electron chi connectivity index (χ1n) is 13.7. The summed E-state index contributed by atoms with van der Waals surface area (Å²) in [6.45, 7) is 0. The van der Waals surface area contributed by atoms with E-state index < -0.39 is 35.9 Å². The molecule has 7 aromatic carbocycles.